The van der Waals surface area contributed by atoms with Crippen LogP contribution in [0.15, 0.2) is 4.52 Å². The Labute approximate surface area is 131 Å². The molecule has 0 N–H and O–H groups in total. The van der Waals surface area contributed by atoms with Crippen LogP contribution in [0.4, 0.5) is 0 Å². The second-order valence-electron chi connectivity index (χ2n) is 5.83. The maximum absolute atomic E-state index is 12.2. The van der Waals surface area contributed by atoms with Gasteiger partial charge in [-0.1, -0.05) is 5.16 Å². The summed E-state index contributed by atoms with van der Waals surface area (Å²) in [7, 11) is 1.83. The van der Waals surface area contributed by atoms with E-state index in [-0.39, 0.29) is 5.91 Å². The number of ether oxygens (including phenoxy) is 1. The van der Waals surface area contributed by atoms with Crippen molar-refractivity contribution in [2.45, 2.75) is 39.2 Å². The van der Waals surface area contributed by atoms with Crippen molar-refractivity contribution in [3.63, 3.8) is 0 Å². The molecular weight excluding hydrogens is 284 g/mol. The highest BCUT2D eigenvalue weighted by molar-refractivity contribution is 5.75. The molecule has 0 aromatic carbocycles. The Morgan fingerprint density at radius 2 is 2.14 bits per heavy atom. The van der Waals surface area contributed by atoms with Crippen LogP contribution in [0, 0.1) is 6.92 Å². The van der Waals surface area contributed by atoms with Crippen LogP contribution in [0.5, 0.6) is 0 Å². The molecule has 1 fully saturated rings. The second-order valence-corrected chi connectivity index (χ2v) is 5.83. The van der Waals surface area contributed by atoms with E-state index in [1.165, 1.54) is 0 Å². The minimum absolute atomic E-state index is 0.167. The van der Waals surface area contributed by atoms with Crippen LogP contribution in [0.1, 0.15) is 31.5 Å². The summed E-state index contributed by atoms with van der Waals surface area (Å²) in [5.74, 6) is 1.38. The molecule has 1 aromatic rings. The Morgan fingerprint density at radius 3 is 2.77 bits per heavy atom. The van der Waals surface area contributed by atoms with E-state index in [9.17, 15) is 4.79 Å². The van der Waals surface area contributed by atoms with Crippen LogP contribution >= 0.6 is 0 Å². The van der Waals surface area contributed by atoms with Gasteiger partial charge in [0.25, 0.3) is 0 Å². The third kappa shape index (κ3) is 5.06. The zero-order chi connectivity index (χ0) is 15.9. The van der Waals surface area contributed by atoms with Crippen LogP contribution in [0.2, 0.25) is 0 Å². The van der Waals surface area contributed by atoms with Gasteiger partial charge in [0.05, 0.1) is 13.2 Å². The molecule has 0 bridgehead atoms. The summed E-state index contributed by atoms with van der Waals surface area (Å²) in [5.41, 5.74) is 0. The van der Waals surface area contributed by atoms with Gasteiger partial charge in [0.15, 0.2) is 5.82 Å². The van der Waals surface area contributed by atoms with Gasteiger partial charge in [-0.3, -0.25) is 9.69 Å². The molecule has 1 atom stereocenters. The summed E-state index contributed by atoms with van der Waals surface area (Å²) in [5, 5.41) is 3.84. The lowest BCUT2D eigenvalue weighted by molar-refractivity contribution is -0.130. The Morgan fingerprint density at radius 1 is 1.41 bits per heavy atom. The van der Waals surface area contributed by atoms with Crippen LogP contribution < -0.4 is 0 Å². The van der Waals surface area contributed by atoms with Crippen LogP contribution in [-0.2, 0) is 16.0 Å². The zero-order valence-corrected chi connectivity index (χ0v) is 13.7. The van der Waals surface area contributed by atoms with E-state index >= 15 is 0 Å². The first-order valence-electron chi connectivity index (χ1n) is 7.91. The molecule has 22 heavy (non-hydrogen) atoms. The number of amides is 1. The molecule has 0 spiro atoms. The lowest BCUT2D eigenvalue weighted by Gasteiger charge is -2.32. The number of aromatic nitrogens is 2. The van der Waals surface area contributed by atoms with E-state index in [0.29, 0.717) is 37.1 Å². The zero-order valence-electron chi connectivity index (χ0n) is 13.7. The average molecular weight is 310 g/mol. The smallest absolute Gasteiger partial charge is 0.223 e. The number of nitrogens with zero attached hydrogens (tertiary/aromatic N) is 4. The maximum Gasteiger partial charge on any atom is 0.223 e. The van der Waals surface area contributed by atoms with E-state index < -0.39 is 0 Å². The molecule has 1 saturated heterocycles. The molecule has 1 aliphatic rings. The predicted molar refractivity (Wildman–Crippen MR) is 81.5 cm³/mol. The normalized spacial score (nSPS) is 17.4. The highest BCUT2D eigenvalue weighted by atomic mass is 16.5. The van der Waals surface area contributed by atoms with Gasteiger partial charge in [0, 0.05) is 52.5 Å². The van der Waals surface area contributed by atoms with Crippen LogP contribution in [-0.4, -0.2) is 71.8 Å². The van der Waals surface area contributed by atoms with Crippen molar-refractivity contribution in [2.75, 3.05) is 39.9 Å². The molecule has 0 saturated carbocycles. The lowest BCUT2D eigenvalue weighted by Crippen LogP contribution is -2.42. The van der Waals surface area contributed by atoms with E-state index in [2.05, 4.69) is 22.0 Å². The lowest BCUT2D eigenvalue weighted by atomic mass is 10.1. The number of likely N-dealkylation sites (N-methyl/N-ethyl adjacent to an activating group) is 1. The minimum Gasteiger partial charge on any atom is -0.379 e. The van der Waals surface area contributed by atoms with Crippen molar-refractivity contribution in [2.24, 2.45) is 0 Å². The standard InChI is InChI=1S/C15H26N4O3/c1-12(19-8-10-21-11-9-19)4-5-15(20)18(3)7-6-14-16-13(2)22-17-14/h12H,4-11H2,1-3H3. The highest BCUT2D eigenvalue weighted by Gasteiger charge is 2.19. The molecule has 0 radical (unpaired) electrons. The van der Waals surface area contributed by atoms with Gasteiger partial charge in [-0.25, -0.2) is 0 Å². The van der Waals surface area contributed by atoms with E-state index in [1.54, 1.807) is 11.8 Å². The summed E-state index contributed by atoms with van der Waals surface area (Å²) in [6, 6.07) is 0.418. The van der Waals surface area contributed by atoms with Crippen molar-refractivity contribution in [1.82, 2.24) is 19.9 Å². The third-order valence-corrected chi connectivity index (χ3v) is 4.11. The number of morpholine rings is 1. The van der Waals surface area contributed by atoms with Crippen molar-refractivity contribution < 1.29 is 14.1 Å². The third-order valence-electron chi connectivity index (χ3n) is 4.11. The van der Waals surface area contributed by atoms with Gasteiger partial charge in [0.1, 0.15) is 0 Å². The fourth-order valence-corrected chi connectivity index (χ4v) is 2.56. The number of rotatable bonds is 7. The largest absolute Gasteiger partial charge is 0.379 e. The van der Waals surface area contributed by atoms with Crippen LogP contribution in [0.25, 0.3) is 0 Å². The van der Waals surface area contributed by atoms with Gasteiger partial charge >= 0.3 is 0 Å². The monoisotopic (exact) mass is 310 g/mol. The van der Waals surface area contributed by atoms with Crippen molar-refractivity contribution in [3.8, 4) is 0 Å². The fraction of sp³-hybridized carbons (Fsp3) is 0.800. The van der Waals surface area contributed by atoms with Gasteiger partial charge in [-0.2, -0.15) is 4.98 Å². The molecule has 124 valence electrons. The Hall–Kier alpha value is -1.47. The summed E-state index contributed by atoms with van der Waals surface area (Å²) >= 11 is 0. The topological polar surface area (TPSA) is 71.7 Å². The van der Waals surface area contributed by atoms with Crippen molar-refractivity contribution >= 4 is 5.91 Å². The molecule has 7 heteroatoms. The molecule has 1 aliphatic heterocycles. The first-order chi connectivity index (χ1) is 10.6. The number of hydrogen-bond acceptors (Lipinski definition) is 6. The molecule has 7 nitrogen and oxygen atoms in total. The summed E-state index contributed by atoms with van der Waals surface area (Å²) in [4.78, 5) is 20.5. The Balaban J connectivity index is 1.67. The maximum atomic E-state index is 12.2. The molecule has 1 amide bonds. The van der Waals surface area contributed by atoms with Gasteiger partial charge in [0.2, 0.25) is 11.8 Å². The minimum atomic E-state index is 0.167. The number of carbonyl (C=O) groups excluding carboxylic acids is 1. The molecular formula is C15H26N4O3. The molecule has 2 rings (SSSR count). The van der Waals surface area contributed by atoms with Gasteiger partial charge in [-0.05, 0) is 13.3 Å². The molecule has 1 unspecified atom stereocenters. The quantitative estimate of drug-likeness (QED) is 0.744. The fourth-order valence-electron chi connectivity index (χ4n) is 2.56. The number of hydrogen-bond donors (Lipinski definition) is 0. The number of aryl methyl sites for hydroxylation is 1. The Kier molecular flexibility index (Phi) is 6.33. The second kappa shape index (κ2) is 8.24. The summed E-state index contributed by atoms with van der Waals surface area (Å²) < 4.78 is 10.3. The molecule has 2 heterocycles. The Bertz CT molecular complexity index is 471. The average Bonchev–Trinajstić information content (AvgIpc) is 2.96. The van der Waals surface area contributed by atoms with Gasteiger partial charge in [-0.15, -0.1) is 0 Å². The molecule has 0 aliphatic carbocycles. The van der Waals surface area contributed by atoms with Crippen LogP contribution in [0.3, 0.4) is 0 Å². The first-order valence-corrected chi connectivity index (χ1v) is 7.91. The van der Waals surface area contributed by atoms with Crippen molar-refractivity contribution in [3.05, 3.63) is 11.7 Å². The first kappa shape index (κ1) is 16.9. The number of carbonyl (C=O) groups is 1. The summed E-state index contributed by atoms with van der Waals surface area (Å²) in [6.07, 6.45) is 2.07. The molecule has 1 aromatic heterocycles. The highest BCUT2D eigenvalue weighted by Crippen LogP contribution is 2.10. The SMILES string of the molecule is Cc1nc(CCN(C)C(=O)CCC(C)N2CCOCC2)no1. The predicted octanol–water partition coefficient (Wildman–Crippen LogP) is 0.880. The van der Waals surface area contributed by atoms with E-state index in [4.69, 9.17) is 9.26 Å². The van der Waals surface area contributed by atoms with Crippen molar-refractivity contribution in [1.29, 1.82) is 0 Å². The summed E-state index contributed by atoms with van der Waals surface area (Å²) in [6.45, 7) is 8.07. The van der Waals surface area contributed by atoms with E-state index in [0.717, 1.165) is 32.7 Å². The van der Waals surface area contributed by atoms with E-state index in [1.807, 2.05) is 7.05 Å². The van der Waals surface area contributed by atoms with Gasteiger partial charge < -0.3 is 14.2 Å².